The smallest absolute Gasteiger partial charge is 0.123 e. The predicted molar refractivity (Wildman–Crippen MR) is 216 cm³/mol. The number of benzene rings is 8. The van der Waals surface area contributed by atoms with E-state index in [2.05, 4.69) is 187 Å². The van der Waals surface area contributed by atoms with Gasteiger partial charge in [-0.15, -0.1) is 0 Å². The molecule has 0 saturated carbocycles. The summed E-state index contributed by atoms with van der Waals surface area (Å²) in [5, 5.41) is 1.18. The molecule has 52 heavy (non-hydrogen) atoms. The second-order valence-corrected chi connectivity index (χ2v) is 13.1. The van der Waals surface area contributed by atoms with Crippen LogP contribution in [0.2, 0.25) is 0 Å². The van der Waals surface area contributed by atoms with Crippen molar-refractivity contribution in [1.29, 1.82) is 0 Å². The highest BCUT2D eigenvalue weighted by molar-refractivity contribution is 6.07. The summed E-state index contributed by atoms with van der Waals surface area (Å²) in [4.78, 5) is 0. The summed E-state index contributed by atoms with van der Waals surface area (Å²) in [6.45, 7) is 0. The van der Waals surface area contributed by atoms with Gasteiger partial charge in [-0.25, -0.2) is 4.39 Å². The Bertz CT molecular complexity index is 2600. The Morgan fingerprint density at radius 3 is 1.17 bits per heavy atom. The van der Waals surface area contributed by atoms with E-state index in [0.717, 1.165) is 44.7 Å². The Morgan fingerprint density at radius 1 is 0.308 bits per heavy atom. The van der Waals surface area contributed by atoms with Crippen LogP contribution in [-0.2, 0) is 0 Å². The van der Waals surface area contributed by atoms with Crippen LogP contribution in [0.5, 0.6) is 0 Å². The molecule has 0 amide bonds. The summed E-state index contributed by atoms with van der Waals surface area (Å²) in [5.41, 5.74) is 15.9. The molecule has 246 valence electrons. The summed E-state index contributed by atoms with van der Waals surface area (Å²) in [7, 11) is 0. The third-order valence-corrected chi connectivity index (χ3v) is 9.92. The van der Waals surface area contributed by atoms with Crippen molar-refractivity contribution in [3.63, 3.8) is 0 Å². The van der Waals surface area contributed by atoms with Gasteiger partial charge in [-0.05, 0) is 92.0 Å². The Balaban J connectivity index is 1.25. The summed E-state index contributed by atoms with van der Waals surface area (Å²) in [6, 6.07) is 71.7. The molecule has 1 heterocycles. The lowest BCUT2D eigenvalue weighted by Crippen LogP contribution is -1.98. The van der Waals surface area contributed by atoms with Gasteiger partial charge in [-0.3, -0.25) is 0 Å². The van der Waals surface area contributed by atoms with Gasteiger partial charge in [-0.1, -0.05) is 170 Å². The lowest BCUT2D eigenvalue weighted by molar-refractivity contribution is 0.628. The van der Waals surface area contributed by atoms with E-state index in [9.17, 15) is 4.39 Å². The van der Waals surface area contributed by atoms with Gasteiger partial charge in [0.25, 0.3) is 0 Å². The Kier molecular flexibility index (Phi) is 8.11. The van der Waals surface area contributed by atoms with Crippen molar-refractivity contribution in [3.8, 4) is 72.6 Å². The molecule has 0 unspecified atom stereocenters. The number of hydrogen-bond acceptors (Lipinski definition) is 0. The van der Waals surface area contributed by atoms with Crippen LogP contribution in [0.4, 0.5) is 4.39 Å². The number of fused-ring (bicyclic) bond motifs is 1. The highest BCUT2D eigenvalue weighted by Gasteiger charge is 2.22. The zero-order chi connectivity index (χ0) is 34.9. The average Bonchev–Trinajstić information content (AvgIpc) is 3.57. The van der Waals surface area contributed by atoms with Crippen LogP contribution < -0.4 is 0 Å². The Labute approximate surface area is 303 Å². The summed E-state index contributed by atoms with van der Waals surface area (Å²) in [6.07, 6.45) is 0. The molecular weight excluding hydrogens is 634 g/mol. The van der Waals surface area contributed by atoms with Crippen molar-refractivity contribution >= 4 is 10.9 Å². The van der Waals surface area contributed by atoms with Gasteiger partial charge < -0.3 is 4.57 Å². The molecule has 0 aliphatic heterocycles. The molecule has 0 N–H and O–H groups in total. The van der Waals surface area contributed by atoms with Gasteiger partial charge in [0.05, 0.1) is 11.2 Å². The van der Waals surface area contributed by atoms with Crippen LogP contribution in [0, 0.1) is 5.82 Å². The number of rotatable bonds is 7. The fraction of sp³-hybridized carbons (Fsp3) is 0. The molecule has 0 saturated heterocycles. The first kappa shape index (κ1) is 31.2. The number of nitrogens with zero attached hydrogens (tertiary/aromatic N) is 1. The zero-order valence-electron chi connectivity index (χ0n) is 28.5. The molecule has 9 rings (SSSR count). The largest absolute Gasteiger partial charge is 0.309 e. The van der Waals surface area contributed by atoms with E-state index in [4.69, 9.17) is 0 Å². The molecule has 1 aromatic heterocycles. The van der Waals surface area contributed by atoms with E-state index in [0.29, 0.717) is 0 Å². The average molecular weight is 668 g/mol. The van der Waals surface area contributed by atoms with Crippen LogP contribution in [0.15, 0.2) is 206 Å². The first-order chi connectivity index (χ1) is 25.7. The van der Waals surface area contributed by atoms with E-state index < -0.39 is 0 Å². The van der Waals surface area contributed by atoms with Gasteiger partial charge in [0.1, 0.15) is 5.82 Å². The molecular formula is C50H34FN. The highest BCUT2D eigenvalue weighted by Crippen LogP contribution is 2.44. The molecule has 0 fully saturated rings. The topological polar surface area (TPSA) is 4.93 Å². The third-order valence-electron chi connectivity index (χ3n) is 9.92. The van der Waals surface area contributed by atoms with E-state index in [-0.39, 0.29) is 5.82 Å². The maximum Gasteiger partial charge on any atom is 0.123 e. The minimum atomic E-state index is -0.234. The standard InChI is InChI=1S/C50H34FN/c51-45-29-24-39(25-30-45)40-26-31-46(32-27-40)52-48-33-28-44(41-18-16-37(17-19-41)35-10-4-1-5-11-35)34-47(48)49(50(52)43-14-8-3-9-15-43)42-22-20-38(21-23-42)36-12-6-2-7-13-36/h1-34H. The minimum absolute atomic E-state index is 0.234. The summed E-state index contributed by atoms with van der Waals surface area (Å²) >= 11 is 0. The van der Waals surface area contributed by atoms with Crippen molar-refractivity contribution in [3.05, 3.63) is 212 Å². The molecule has 0 bridgehead atoms. The molecule has 2 heteroatoms. The third kappa shape index (κ3) is 5.91. The van der Waals surface area contributed by atoms with Gasteiger partial charge in [-0.2, -0.15) is 0 Å². The molecule has 0 atom stereocenters. The lowest BCUT2D eigenvalue weighted by atomic mass is 9.94. The Morgan fingerprint density at radius 2 is 0.673 bits per heavy atom. The minimum Gasteiger partial charge on any atom is -0.309 e. The number of aromatic nitrogens is 1. The molecule has 0 spiro atoms. The SMILES string of the molecule is Fc1ccc(-c2ccc(-n3c(-c4ccccc4)c(-c4ccc(-c5ccccc5)cc4)c4cc(-c5ccc(-c6ccccc6)cc5)ccc43)cc2)cc1. The van der Waals surface area contributed by atoms with Crippen molar-refractivity contribution < 1.29 is 4.39 Å². The molecule has 8 aromatic carbocycles. The van der Waals surface area contributed by atoms with Gasteiger partial charge >= 0.3 is 0 Å². The van der Waals surface area contributed by atoms with Gasteiger partial charge in [0, 0.05) is 16.6 Å². The molecule has 9 aromatic rings. The number of hydrogen-bond donors (Lipinski definition) is 0. The van der Waals surface area contributed by atoms with Crippen LogP contribution in [0.1, 0.15) is 0 Å². The molecule has 0 aliphatic rings. The number of halogens is 1. The second kappa shape index (κ2) is 13.5. The van der Waals surface area contributed by atoms with E-state index in [1.807, 2.05) is 12.1 Å². The zero-order valence-corrected chi connectivity index (χ0v) is 28.5. The van der Waals surface area contributed by atoms with Crippen LogP contribution in [0.25, 0.3) is 83.5 Å². The first-order valence-corrected chi connectivity index (χ1v) is 17.6. The maximum atomic E-state index is 13.7. The van der Waals surface area contributed by atoms with Crippen LogP contribution in [0.3, 0.4) is 0 Å². The van der Waals surface area contributed by atoms with Gasteiger partial charge in [0.2, 0.25) is 0 Å². The summed E-state index contributed by atoms with van der Waals surface area (Å²) in [5.74, 6) is -0.234. The summed E-state index contributed by atoms with van der Waals surface area (Å²) < 4.78 is 16.1. The van der Waals surface area contributed by atoms with Crippen molar-refractivity contribution in [2.45, 2.75) is 0 Å². The fourth-order valence-corrected chi connectivity index (χ4v) is 7.29. The molecule has 0 radical (unpaired) electrons. The quantitative estimate of drug-likeness (QED) is 0.159. The van der Waals surface area contributed by atoms with E-state index in [1.54, 1.807) is 0 Å². The van der Waals surface area contributed by atoms with Crippen LogP contribution in [-0.4, -0.2) is 4.57 Å². The normalized spacial score (nSPS) is 11.2. The molecule has 1 nitrogen and oxygen atoms in total. The molecule has 0 aliphatic carbocycles. The fourth-order valence-electron chi connectivity index (χ4n) is 7.29. The van der Waals surface area contributed by atoms with Crippen LogP contribution >= 0.6 is 0 Å². The monoisotopic (exact) mass is 667 g/mol. The lowest BCUT2D eigenvalue weighted by Gasteiger charge is -2.14. The maximum absolute atomic E-state index is 13.7. The van der Waals surface area contributed by atoms with Crippen molar-refractivity contribution in [2.75, 3.05) is 0 Å². The van der Waals surface area contributed by atoms with E-state index in [1.165, 1.54) is 50.9 Å². The predicted octanol–water partition coefficient (Wildman–Crippen LogP) is 13.8. The first-order valence-electron chi connectivity index (χ1n) is 17.6. The second-order valence-electron chi connectivity index (χ2n) is 13.1. The van der Waals surface area contributed by atoms with Gasteiger partial charge in [0.15, 0.2) is 0 Å². The highest BCUT2D eigenvalue weighted by atomic mass is 19.1. The Hall–Kier alpha value is -6.77. The van der Waals surface area contributed by atoms with Crippen molar-refractivity contribution in [2.24, 2.45) is 0 Å². The van der Waals surface area contributed by atoms with E-state index >= 15 is 0 Å². The van der Waals surface area contributed by atoms with Crippen molar-refractivity contribution in [1.82, 2.24) is 4.57 Å².